The molecule has 0 unspecified atom stereocenters. The number of aromatic nitrogens is 2. The van der Waals surface area contributed by atoms with Crippen molar-refractivity contribution in [2.24, 2.45) is 0 Å². The van der Waals surface area contributed by atoms with E-state index in [0.29, 0.717) is 67.6 Å². The maximum absolute atomic E-state index is 14.1. The molecule has 0 saturated carbocycles. The van der Waals surface area contributed by atoms with Gasteiger partial charge in [-0.05, 0) is 70.5 Å². The van der Waals surface area contributed by atoms with Gasteiger partial charge in [0, 0.05) is 43.9 Å². The quantitative estimate of drug-likeness (QED) is 0.450. The maximum Gasteiger partial charge on any atom is 0.410 e. The van der Waals surface area contributed by atoms with Crippen LogP contribution in [0.5, 0.6) is 11.5 Å². The number of carboxylic acids is 1. The number of anilines is 2. The standard InChI is InChI=1S/C31H37N5O7/c1-19-23(11-12-24(27(19)42-6)33-15-17-34(18-16-33)30(40)43-31(2,3)4)35-14-13-22-25(29(38)39)32-36(26(22)28(35)37)20-7-9-21(41-5)10-8-20/h7-12H,13-18H2,1-6H3,(H,38,39). The smallest absolute Gasteiger partial charge is 0.410 e. The Morgan fingerprint density at radius 1 is 0.907 bits per heavy atom. The predicted octanol–water partition coefficient (Wildman–Crippen LogP) is 4.16. The Kier molecular flexibility index (Phi) is 7.96. The summed E-state index contributed by atoms with van der Waals surface area (Å²) in [7, 11) is 3.15. The summed E-state index contributed by atoms with van der Waals surface area (Å²) in [6.07, 6.45) is 0.00296. The normalized spacial score (nSPS) is 15.3. The molecular weight excluding hydrogens is 554 g/mol. The van der Waals surface area contributed by atoms with Crippen molar-refractivity contribution >= 4 is 29.3 Å². The lowest BCUT2D eigenvalue weighted by atomic mass is 10.0. The number of benzene rings is 2. The summed E-state index contributed by atoms with van der Waals surface area (Å²) in [6.45, 7) is 9.95. The van der Waals surface area contributed by atoms with Crippen LogP contribution in [0.3, 0.4) is 0 Å². The molecule has 43 heavy (non-hydrogen) atoms. The van der Waals surface area contributed by atoms with Gasteiger partial charge in [-0.25, -0.2) is 14.3 Å². The highest BCUT2D eigenvalue weighted by atomic mass is 16.6. The highest BCUT2D eigenvalue weighted by Gasteiger charge is 2.36. The predicted molar refractivity (Wildman–Crippen MR) is 160 cm³/mol. The fraction of sp³-hybridized carbons (Fsp3) is 0.419. The third-order valence-electron chi connectivity index (χ3n) is 7.66. The van der Waals surface area contributed by atoms with Gasteiger partial charge in [0.05, 0.1) is 31.3 Å². The van der Waals surface area contributed by atoms with Crippen LogP contribution in [0, 0.1) is 6.92 Å². The molecule has 2 aromatic carbocycles. The minimum Gasteiger partial charge on any atom is -0.497 e. The number of carboxylic acid groups (broad SMARTS) is 1. The zero-order chi connectivity index (χ0) is 31.1. The number of aromatic carboxylic acids is 1. The van der Waals surface area contributed by atoms with Crippen molar-refractivity contribution in [1.82, 2.24) is 14.7 Å². The van der Waals surface area contributed by atoms with Crippen LogP contribution in [-0.2, 0) is 11.2 Å². The van der Waals surface area contributed by atoms with Gasteiger partial charge in [0.1, 0.15) is 22.8 Å². The Labute approximate surface area is 250 Å². The Bertz CT molecular complexity index is 1550. The zero-order valence-corrected chi connectivity index (χ0v) is 25.3. The minimum atomic E-state index is -1.18. The summed E-state index contributed by atoms with van der Waals surface area (Å²) in [6, 6.07) is 10.7. The van der Waals surface area contributed by atoms with Crippen molar-refractivity contribution in [2.45, 2.75) is 39.7 Å². The zero-order valence-electron chi connectivity index (χ0n) is 25.3. The van der Waals surface area contributed by atoms with Gasteiger partial charge in [0.15, 0.2) is 5.69 Å². The number of fused-ring (bicyclic) bond motifs is 1. The molecule has 228 valence electrons. The van der Waals surface area contributed by atoms with E-state index < -0.39 is 11.6 Å². The van der Waals surface area contributed by atoms with E-state index in [4.69, 9.17) is 14.2 Å². The number of piperazine rings is 1. The second-order valence-corrected chi connectivity index (χ2v) is 11.5. The number of carbonyl (C=O) groups is 3. The highest BCUT2D eigenvalue weighted by molar-refractivity contribution is 6.09. The van der Waals surface area contributed by atoms with E-state index in [-0.39, 0.29) is 23.4 Å². The third-order valence-corrected chi connectivity index (χ3v) is 7.66. The van der Waals surface area contributed by atoms with Crippen LogP contribution in [0.4, 0.5) is 16.2 Å². The summed E-state index contributed by atoms with van der Waals surface area (Å²) in [5.41, 5.74) is 2.81. The number of amides is 2. The van der Waals surface area contributed by atoms with Crippen LogP contribution < -0.4 is 19.3 Å². The number of methoxy groups -OCH3 is 2. The van der Waals surface area contributed by atoms with Gasteiger partial charge in [-0.15, -0.1) is 0 Å². The number of ether oxygens (including phenoxy) is 3. The molecule has 1 saturated heterocycles. The number of hydrogen-bond acceptors (Lipinski definition) is 8. The van der Waals surface area contributed by atoms with E-state index in [9.17, 15) is 19.5 Å². The minimum absolute atomic E-state index is 0.131. The van der Waals surface area contributed by atoms with E-state index in [1.807, 2.05) is 39.8 Å². The highest BCUT2D eigenvalue weighted by Crippen LogP contribution is 2.40. The number of hydrogen-bond donors (Lipinski definition) is 1. The summed E-state index contributed by atoms with van der Waals surface area (Å²) >= 11 is 0. The Hall–Kier alpha value is -4.74. The lowest BCUT2D eigenvalue weighted by Gasteiger charge is -2.38. The lowest BCUT2D eigenvalue weighted by Crippen LogP contribution is -2.50. The molecule has 2 aliphatic heterocycles. The van der Waals surface area contributed by atoms with E-state index >= 15 is 0 Å². The van der Waals surface area contributed by atoms with Crippen LogP contribution >= 0.6 is 0 Å². The molecule has 0 aliphatic carbocycles. The monoisotopic (exact) mass is 591 g/mol. The molecule has 12 nitrogen and oxygen atoms in total. The molecule has 12 heteroatoms. The fourth-order valence-electron chi connectivity index (χ4n) is 5.59. The first kappa shape index (κ1) is 29.7. The molecule has 1 fully saturated rings. The van der Waals surface area contributed by atoms with Crippen molar-refractivity contribution in [3.63, 3.8) is 0 Å². The third kappa shape index (κ3) is 5.69. The molecule has 5 rings (SSSR count). The summed E-state index contributed by atoms with van der Waals surface area (Å²) in [5.74, 6) is -0.262. The summed E-state index contributed by atoms with van der Waals surface area (Å²) < 4.78 is 18.0. The van der Waals surface area contributed by atoms with Gasteiger partial charge < -0.3 is 34.0 Å². The molecule has 3 heterocycles. The van der Waals surface area contributed by atoms with E-state index in [2.05, 4.69) is 10.00 Å². The fourth-order valence-corrected chi connectivity index (χ4v) is 5.59. The second-order valence-electron chi connectivity index (χ2n) is 11.5. The van der Waals surface area contributed by atoms with Gasteiger partial charge in [-0.3, -0.25) is 4.79 Å². The Morgan fingerprint density at radius 2 is 1.56 bits per heavy atom. The van der Waals surface area contributed by atoms with Crippen LogP contribution in [-0.4, -0.2) is 90.3 Å². The van der Waals surface area contributed by atoms with Crippen LogP contribution in [0.2, 0.25) is 0 Å². The van der Waals surface area contributed by atoms with Crippen LogP contribution in [0.15, 0.2) is 36.4 Å². The topological polar surface area (TPSA) is 127 Å². The van der Waals surface area contributed by atoms with Crippen molar-refractivity contribution in [3.8, 4) is 17.2 Å². The maximum atomic E-state index is 14.1. The molecule has 0 atom stereocenters. The van der Waals surface area contributed by atoms with Gasteiger partial charge in [0.2, 0.25) is 0 Å². The lowest BCUT2D eigenvalue weighted by molar-refractivity contribution is 0.0240. The molecular formula is C31H37N5O7. The first-order valence-electron chi connectivity index (χ1n) is 14.2. The van der Waals surface area contributed by atoms with E-state index in [1.54, 1.807) is 48.3 Å². The molecule has 0 spiro atoms. The summed E-state index contributed by atoms with van der Waals surface area (Å²) in [5, 5.41) is 14.2. The average molecular weight is 592 g/mol. The van der Waals surface area contributed by atoms with Gasteiger partial charge >= 0.3 is 12.1 Å². The second kappa shape index (κ2) is 11.5. The molecule has 2 amide bonds. The molecule has 2 aliphatic rings. The molecule has 3 aromatic rings. The molecule has 0 bridgehead atoms. The first-order valence-corrected chi connectivity index (χ1v) is 14.2. The van der Waals surface area contributed by atoms with Crippen LogP contribution in [0.25, 0.3) is 5.69 Å². The van der Waals surface area contributed by atoms with Crippen molar-refractivity contribution in [1.29, 1.82) is 0 Å². The van der Waals surface area contributed by atoms with Crippen molar-refractivity contribution in [3.05, 3.63) is 58.9 Å². The largest absolute Gasteiger partial charge is 0.497 e. The molecule has 1 aromatic heterocycles. The molecule has 1 N–H and O–H groups in total. The van der Waals surface area contributed by atoms with Crippen LogP contribution in [0.1, 0.15) is 52.9 Å². The Morgan fingerprint density at radius 3 is 2.14 bits per heavy atom. The van der Waals surface area contributed by atoms with E-state index in [0.717, 1.165) is 11.3 Å². The van der Waals surface area contributed by atoms with Gasteiger partial charge in [-0.1, -0.05) is 0 Å². The number of carbonyl (C=O) groups excluding carboxylic acids is 2. The summed E-state index contributed by atoms with van der Waals surface area (Å²) in [4.78, 5) is 44.2. The van der Waals surface area contributed by atoms with Gasteiger partial charge in [-0.2, -0.15) is 5.10 Å². The number of rotatable bonds is 6. The first-order chi connectivity index (χ1) is 20.4. The SMILES string of the molecule is COc1ccc(-n2nc(C(=O)O)c3c2C(=O)N(c2ccc(N4CCN(C(=O)OC(C)(C)C)CC4)c(OC)c2C)CC3)cc1. The Balaban J connectivity index is 1.43. The van der Waals surface area contributed by atoms with Gasteiger partial charge in [0.25, 0.3) is 5.91 Å². The average Bonchev–Trinajstić information content (AvgIpc) is 3.38. The van der Waals surface area contributed by atoms with Crippen molar-refractivity contribution < 1.29 is 33.7 Å². The van der Waals surface area contributed by atoms with E-state index in [1.165, 1.54) is 4.68 Å². The van der Waals surface area contributed by atoms with Crippen molar-refractivity contribution in [2.75, 3.05) is 56.7 Å². The number of nitrogens with zero attached hydrogens (tertiary/aromatic N) is 5. The molecule has 0 radical (unpaired) electrons.